The van der Waals surface area contributed by atoms with E-state index in [1.165, 1.54) is 22.9 Å². The molecule has 4 rings (SSSR count). The molecule has 112 valence electrons. The zero-order chi connectivity index (χ0) is 14.2. The minimum atomic E-state index is -3.05. The third kappa shape index (κ3) is 1.44. The van der Waals surface area contributed by atoms with Gasteiger partial charge in [0.1, 0.15) is 0 Å². The van der Waals surface area contributed by atoms with Crippen molar-refractivity contribution >= 4 is 25.0 Å². The first-order valence-corrected chi connectivity index (χ1v) is 12.6. The quantitative estimate of drug-likeness (QED) is 0.676. The van der Waals surface area contributed by atoms with Crippen LogP contribution in [0.25, 0.3) is 0 Å². The molecule has 4 aliphatic rings. The summed E-state index contributed by atoms with van der Waals surface area (Å²) in [5.41, 5.74) is 0.662. The van der Waals surface area contributed by atoms with Crippen molar-refractivity contribution in [3.8, 4) is 0 Å². The van der Waals surface area contributed by atoms with Crippen LogP contribution in [0.5, 0.6) is 0 Å². The predicted molar refractivity (Wildman–Crippen MR) is 78.1 cm³/mol. The summed E-state index contributed by atoms with van der Waals surface area (Å²) in [6, 6.07) is 0. The Bertz CT molecular complexity index is 512. The number of allylic oxidation sites excluding steroid dienone is 1. The fourth-order valence-corrected chi connectivity index (χ4v) is 15.7. The standard InChI is InChI=1S/C16H24O3Te/c1-4-5-12-9-14(17)19-20(12)10-16-7-6-11(15(16,2)3)8-13(16)18-20/h9,11,13H,4-8,10H2,1-3H3. The summed E-state index contributed by atoms with van der Waals surface area (Å²) < 4.78 is 14.8. The molecule has 2 aliphatic heterocycles. The van der Waals surface area contributed by atoms with E-state index in [4.69, 9.17) is 6.20 Å². The van der Waals surface area contributed by atoms with Crippen molar-refractivity contribution < 1.29 is 11.0 Å². The zero-order valence-corrected chi connectivity index (χ0v) is 14.9. The maximum absolute atomic E-state index is 11.8. The molecule has 2 aliphatic carbocycles. The molecule has 20 heavy (non-hydrogen) atoms. The number of hydrogen-bond acceptors (Lipinski definition) is 3. The average Bonchev–Trinajstić information content (AvgIpc) is 2.99. The van der Waals surface area contributed by atoms with Crippen molar-refractivity contribution in [1.82, 2.24) is 0 Å². The molecule has 0 radical (unpaired) electrons. The van der Waals surface area contributed by atoms with Gasteiger partial charge in [-0.2, -0.15) is 0 Å². The van der Waals surface area contributed by atoms with Gasteiger partial charge in [0.25, 0.3) is 0 Å². The summed E-state index contributed by atoms with van der Waals surface area (Å²) in [6.45, 7) is 7.02. The minimum absolute atomic E-state index is 0.127. The van der Waals surface area contributed by atoms with Gasteiger partial charge in [0, 0.05) is 0 Å². The van der Waals surface area contributed by atoms with E-state index >= 15 is 0 Å². The summed E-state index contributed by atoms with van der Waals surface area (Å²) in [7, 11) is 0. The van der Waals surface area contributed by atoms with Gasteiger partial charge in [-0.3, -0.25) is 0 Å². The van der Waals surface area contributed by atoms with Crippen LogP contribution in [0.1, 0.15) is 52.9 Å². The molecule has 3 fully saturated rings. The third-order valence-corrected chi connectivity index (χ3v) is 15.0. The van der Waals surface area contributed by atoms with Gasteiger partial charge in [0.15, 0.2) is 0 Å². The van der Waals surface area contributed by atoms with E-state index < -0.39 is 19.0 Å². The molecule has 4 heteroatoms. The summed E-state index contributed by atoms with van der Waals surface area (Å²) >= 11 is -3.05. The summed E-state index contributed by atoms with van der Waals surface area (Å²) in [5.74, 6) is 0.682. The maximum atomic E-state index is 11.8. The van der Waals surface area contributed by atoms with E-state index in [0.29, 0.717) is 16.9 Å². The van der Waals surface area contributed by atoms with Gasteiger partial charge in [-0.1, -0.05) is 0 Å². The van der Waals surface area contributed by atoms with E-state index in [1.807, 2.05) is 0 Å². The van der Waals surface area contributed by atoms with Crippen LogP contribution in [0.2, 0.25) is 4.47 Å². The monoisotopic (exact) mass is 394 g/mol. The Hall–Kier alpha value is -0.0404. The average molecular weight is 392 g/mol. The summed E-state index contributed by atoms with van der Waals surface area (Å²) in [5, 5.41) is 0. The Morgan fingerprint density at radius 1 is 1.45 bits per heavy atom. The molecule has 0 amide bonds. The van der Waals surface area contributed by atoms with Crippen LogP contribution >= 0.6 is 0 Å². The molecule has 3 nitrogen and oxygen atoms in total. The van der Waals surface area contributed by atoms with E-state index in [-0.39, 0.29) is 5.97 Å². The Balaban J connectivity index is 1.72. The van der Waals surface area contributed by atoms with E-state index in [0.717, 1.165) is 23.2 Å². The van der Waals surface area contributed by atoms with Crippen molar-refractivity contribution in [3.63, 3.8) is 0 Å². The number of hydrogen-bond donors (Lipinski definition) is 0. The van der Waals surface area contributed by atoms with Gasteiger partial charge in [0.05, 0.1) is 0 Å². The molecule has 2 spiro atoms. The Kier molecular flexibility index (Phi) is 2.74. The Morgan fingerprint density at radius 2 is 2.25 bits per heavy atom. The van der Waals surface area contributed by atoms with Crippen LogP contribution in [0, 0.1) is 16.7 Å². The first-order chi connectivity index (χ1) is 9.43. The molecule has 0 aromatic carbocycles. The summed E-state index contributed by atoms with van der Waals surface area (Å²) in [6.07, 6.45) is 8.00. The van der Waals surface area contributed by atoms with E-state index in [2.05, 4.69) is 20.8 Å². The molecule has 1 saturated heterocycles. The van der Waals surface area contributed by atoms with Gasteiger partial charge < -0.3 is 0 Å². The molecule has 2 saturated carbocycles. The van der Waals surface area contributed by atoms with Crippen molar-refractivity contribution in [2.45, 2.75) is 63.4 Å². The molecule has 2 bridgehead atoms. The van der Waals surface area contributed by atoms with Crippen LogP contribution < -0.4 is 0 Å². The Labute approximate surface area is 126 Å². The normalized spacial score (nSPS) is 51.0. The van der Waals surface area contributed by atoms with Crippen molar-refractivity contribution in [2.75, 3.05) is 0 Å². The second-order valence-corrected chi connectivity index (χ2v) is 14.3. The molecule has 4 atom stereocenters. The van der Waals surface area contributed by atoms with Gasteiger partial charge in [-0.25, -0.2) is 0 Å². The van der Waals surface area contributed by atoms with Crippen LogP contribution in [0.3, 0.4) is 0 Å². The second kappa shape index (κ2) is 4.03. The fourth-order valence-electron chi connectivity index (χ4n) is 5.15. The molecule has 0 aromatic heterocycles. The van der Waals surface area contributed by atoms with E-state index in [9.17, 15) is 4.79 Å². The van der Waals surface area contributed by atoms with Crippen LogP contribution in [0.15, 0.2) is 9.70 Å². The first kappa shape index (κ1) is 13.6. The predicted octanol–water partition coefficient (Wildman–Crippen LogP) is 3.48. The topological polar surface area (TPSA) is 35.5 Å². The molecular formula is C16H24O3Te. The van der Waals surface area contributed by atoms with E-state index in [1.54, 1.807) is 6.08 Å². The van der Waals surface area contributed by atoms with Gasteiger partial charge in [0.2, 0.25) is 0 Å². The zero-order valence-electron chi connectivity index (χ0n) is 12.6. The number of carbonyl (C=O) groups excluding carboxylic acids is 1. The van der Waals surface area contributed by atoms with Gasteiger partial charge in [-0.15, -0.1) is 0 Å². The second-order valence-electron chi connectivity index (χ2n) is 7.46. The number of fused-ring (bicyclic) bond motifs is 1. The molecule has 0 aromatic rings. The van der Waals surface area contributed by atoms with Crippen molar-refractivity contribution in [1.29, 1.82) is 0 Å². The van der Waals surface area contributed by atoms with Gasteiger partial charge >= 0.3 is 126 Å². The first-order valence-electron chi connectivity index (χ1n) is 7.87. The fraction of sp³-hybridized carbons (Fsp3) is 0.812. The van der Waals surface area contributed by atoms with Crippen LogP contribution in [0.4, 0.5) is 0 Å². The van der Waals surface area contributed by atoms with Gasteiger partial charge in [-0.05, 0) is 0 Å². The molecule has 0 N–H and O–H groups in total. The SMILES string of the molecule is CCCC1=CC(=O)O[Te]12CC13CCC(CC1O2)C3(C)C. The van der Waals surface area contributed by atoms with Crippen LogP contribution in [-0.2, 0) is 11.0 Å². The number of rotatable bonds is 2. The van der Waals surface area contributed by atoms with Crippen LogP contribution in [-0.4, -0.2) is 31.1 Å². The van der Waals surface area contributed by atoms with Crippen molar-refractivity contribution in [2.24, 2.45) is 16.7 Å². The summed E-state index contributed by atoms with van der Waals surface area (Å²) in [4.78, 5) is 11.8. The van der Waals surface area contributed by atoms with Crippen molar-refractivity contribution in [3.05, 3.63) is 9.70 Å². The molecular weight excluding hydrogens is 368 g/mol. The molecule has 2 heterocycles. The number of carbonyl (C=O) groups is 1. The molecule has 4 unspecified atom stereocenters. The Morgan fingerprint density at radius 3 is 2.90 bits per heavy atom. The third-order valence-electron chi connectivity index (χ3n) is 6.47.